The van der Waals surface area contributed by atoms with E-state index in [4.69, 9.17) is 9.52 Å². The maximum Gasteiger partial charge on any atom is 0.335 e. The van der Waals surface area contributed by atoms with Crippen molar-refractivity contribution in [2.45, 2.75) is 12.1 Å². The highest BCUT2D eigenvalue weighted by molar-refractivity contribution is 5.88. The Kier molecular flexibility index (Phi) is 6.40. The lowest BCUT2D eigenvalue weighted by atomic mass is 9.90. The zero-order valence-electron chi connectivity index (χ0n) is 19.0. The second-order valence-electron chi connectivity index (χ2n) is 8.46. The van der Waals surface area contributed by atoms with Gasteiger partial charge in [-0.05, 0) is 59.2 Å². The van der Waals surface area contributed by atoms with Gasteiger partial charge >= 0.3 is 5.97 Å². The third-order valence-electron chi connectivity index (χ3n) is 6.15. The third-order valence-corrected chi connectivity index (χ3v) is 6.15. The van der Waals surface area contributed by atoms with Crippen LogP contribution in [0.5, 0.6) is 0 Å². The second kappa shape index (κ2) is 9.95. The molecular formula is C29H22N2O5. The number of carboxylic acids is 1. The molecule has 2 unspecified atom stereocenters. The zero-order chi connectivity index (χ0) is 25.1. The molecule has 0 amide bonds. The molecule has 178 valence electrons. The number of aldehydes is 2. The molecule has 7 heteroatoms. The minimum Gasteiger partial charge on any atom is -0.478 e. The summed E-state index contributed by atoms with van der Waals surface area (Å²) >= 11 is 0. The van der Waals surface area contributed by atoms with Gasteiger partial charge in [-0.15, -0.1) is 0 Å². The van der Waals surface area contributed by atoms with Gasteiger partial charge in [0.05, 0.1) is 17.6 Å². The Balaban J connectivity index is 1.54. The Hall–Kier alpha value is -4.59. The van der Waals surface area contributed by atoms with E-state index in [0.29, 0.717) is 22.6 Å². The van der Waals surface area contributed by atoms with E-state index in [2.05, 4.69) is 10.9 Å². The number of hydrazine groups is 1. The Morgan fingerprint density at radius 2 is 1.36 bits per heavy atom. The number of furan rings is 1. The standard InChI is InChI=1S/C29H22N2O5/c32-16-18-3-1-5-22(13-18)27-25(28(31-30-27)23-6-2-4-19(14-23)17-33)15-24-11-12-26(36-24)20-7-9-21(10-8-20)29(34)35/h1-17,27-28,30-31H,(H,34,35). The first kappa shape index (κ1) is 23.2. The summed E-state index contributed by atoms with van der Waals surface area (Å²) < 4.78 is 6.10. The van der Waals surface area contributed by atoms with Gasteiger partial charge in [0.2, 0.25) is 0 Å². The second-order valence-corrected chi connectivity index (χ2v) is 8.46. The van der Waals surface area contributed by atoms with Crippen LogP contribution in [-0.2, 0) is 0 Å². The largest absolute Gasteiger partial charge is 0.478 e. The van der Waals surface area contributed by atoms with Crippen molar-refractivity contribution < 1.29 is 23.9 Å². The lowest BCUT2D eigenvalue weighted by Crippen LogP contribution is -2.26. The summed E-state index contributed by atoms with van der Waals surface area (Å²) in [6, 6.07) is 24.4. The van der Waals surface area contributed by atoms with Crippen molar-refractivity contribution in [3.63, 3.8) is 0 Å². The van der Waals surface area contributed by atoms with Crippen LogP contribution in [0.1, 0.15) is 60.0 Å². The molecule has 3 N–H and O–H groups in total. The van der Waals surface area contributed by atoms with Crippen molar-refractivity contribution >= 4 is 24.6 Å². The highest BCUT2D eigenvalue weighted by atomic mass is 16.4. The van der Waals surface area contributed by atoms with E-state index in [1.807, 2.05) is 54.6 Å². The average molecular weight is 479 g/mol. The number of rotatable bonds is 7. The molecule has 2 atom stereocenters. The van der Waals surface area contributed by atoms with Gasteiger partial charge in [0.15, 0.2) is 0 Å². The summed E-state index contributed by atoms with van der Waals surface area (Å²) in [6.45, 7) is 0. The number of carbonyl (C=O) groups is 3. The molecule has 1 aliphatic heterocycles. The number of hydrogen-bond donors (Lipinski definition) is 3. The maximum absolute atomic E-state index is 11.4. The van der Waals surface area contributed by atoms with Gasteiger partial charge in [-0.1, -0.05) is 48.5 Å². The maximum atomic E-state index is 11.4. The molecule has 1 aliphatic rings. The number of carboxylic acid groups (broad SMARTS) is 1. The van der Waals surface area contributed by atoms with Crippen molar-refractivity contribution in [1.29, 1.82) is 0 Å². The quantitative estimate of drug-likeness (QED) is 0.312. The number of benzene rings is 3. The normalized spacial score (nSPS) is 17.1. The van der Waals surface area contributed by atoms with Crippen LogP contribution in [0.25, 0.3) is 17.4 Å². The van der Waals surface area contributed by atoms with Crippen molar-refractivity contribution in [1.82, 2.24) is 10.9 Å². The zero-order valence-corrected chi connectivity index (χ0v) is 19.0. The molecule has 1 aromatic heterocycles. The van der Waals surface area contributed by atoms with Crippen LogP contribution in [0, 0.1) is 0 Å². The number of nitrogens with one attached hydrogen (secondary N) is 2. The van der Waals surface area contributed by atoms with Crippen LogP contribution in [-0.4, -0.2) is 23.6 Å². The molecule has 0 radical (unpaired) electrons. The molecule has 0 saturated carbocycles. The molecule has 5 rings (SSSR count). The SMILES string of the molecule is O=Cc1cccc(C2NNC(c3cccc(C=O)c3)C2=Cc2ccc(-c3ccc(C(=O)O)cc3)o2)c1. The molecule has 4 aromatic rings. The minimum absolute atomic E-state index is 0.205. The van der Waals surface area contributed by atoms with E-state index in [-0.39, 0.29) is 17.6 Å². The molecule has 1 saturated heterocycles. The van der Waals surface area contributed by atoms with Gasteiger partial charge < -0.3 is 9.52 Å². The van der Waals surface area contributed by atoms with Gasteiger partial charge in [-0.25, -0.2) is 15.6 Å². The van der Waals surface area contributed by atoms with Crippen LogP contribution in [0.2, 0.25) is 0 Å². The van der Waals surface area contributed by atoms with Gasteiger partial charge in [0.25, 0.3) is 0 Å². The Labute approximate surface area is 207 Å². The van der Waals surface area contributed by atoms with E-state index < -0.39 is 5.97 Å². The van der Waals surface area contributed by atoms with Gasteiger partial charge in [0.1, 0.15) is 24.1 Å². The highest BCUT2D eigenvalue weighted by Gasteiger charge is 2.32. The fourth-order valence-corrected chi connectivity index (χ4v) is 4.37. The van der Waals surface area contributed by atoms with Crippen molar-refractivity contribution in [3.05, 3.63) is 124 Å². The van der Waals surface area contributed by atoms with E-state index in [1.165, 1.54) is 12.1 Å². The predicted molar refractivity (Wildman–Crippen MR) is 134 cm³/mol. The fourth-order valence-electron chi connectivity index (χ4n) is 4.37. The number of aromatic carboxylic acids is 1. The first-order chi connectivity index (χ1) is 17.6. The average Bonchev–Trinajstić information content (AvgIpc) is 3.56. The van der Waals surface area contributed by atoms with E-state index in [1.54, 1.807) is 24.3 Å². The Bertz CT molecular complexity index is 1410. The van der Waals surface area contributed by atoms with Gasteiger partial charge in [0, 0.05) is 16.7 Å². The third kappa shape index (κ3) is 4.65. The molecule has 3 aromatic carbocycles. The summed E-state index contributed by atoms with van der Waals surface area (Å²) in [4.78, 5) is 33.9. The predicted octanol–water partition coefficient (Wildman–Crippen LogP) is 5.24. The summed E-state index contributed by atoms with van der Waals surface area (Å²) in [5.74, 6) is 0.236. The fraction of sp³-hybridized carbons (Fsp3) is 0.0690. The Morgan fingerprint density at radius 1 is 0.778 bits per heavy atom. The Morgan fingerprint density at radius 3 is 1.89 bits per heavy atom. The van der Waals surface area contributed by atoms with Crippen LogP contribution >= 0.6 is 0 Å². The van der Waals surface area contributed by atoms with Crippen molar-refractivity contribution in [2.75, 3.05) is 0 Å². The van der Waals surface area contributed by atoms with Crippen LogP contribution in [0.4, 0.5) is 0 Å². The lowest BCUT2D eigenvalue weighted by Gasteiger charge is -2.16. The lowest BCUT2D eigenvalue weighted by molar-refractivity contribution is 0.0696. The topological polar surface area (TPSA) is 109 Å². The van der Waals surface area contributed by atoms with Crippen molar-refractivity contribution in [3.8, 4) is 11.3 Å². The van der Waals surface area contributed by atoms with Crippen LogP contribution < -0.4 is 10.9 Å². The van der Waals surface area contributed by atoms with E-state index in [0.717, 1.165) is 34.8 Å². The van der Waals surface area contributed by atoms with Crippen LogP contribution in [0.15, 0.2) is 94.9 Å². The smallest absolute Gasteiger partial charge is 0.335 e. The summed E-state index contributed by atoms with van der Waals surface area (Å²) in [5.41, 5.74) is 11.5. The first-order valence-corrected chi connectivity index (χ1v) is 11.3. The summed E-state index contributed by atoms with van der Waals surface area (Å²) in [5, 5.41) is 9.13. The molecule has 0 spiro atoms. The molecular weight excluding hydrogens is 456 g/mol. The van der Waals surface area contributed by atoms with Crippen LogP contribution in [0.3, 0.4) is 0 Å². The summed E-state index contributed by atoms with van der Waals surface area (Å²) in [6.07, 6.45) is 3.57. The van der Waals surface area contributed by atoms with Gasteiger partial charge in [-0.3, -0.25) is 9.59 Å². The monoisotopic (exact) mass is 478 g/mol. The van der Waals surface area contributed by atoms with Gasteiger partial charge in [-0.2, -0.15) is 0 Å². The van der Waals surface area contributed by atoms with E-state index in [9.17, 15) is 14.4 Å². The molecule has 0 bridgehead atoms. The summed E-state index contributed by atoms with van der Waals surface area (Å²) in [7, 11) is 0. The van der Waals surface area contributed by atoms with Crippen molar-refractivity contribution in [2.24, 2.45) is 0 Å². The molecule has 36 heavy (non-hydrogen) atoms. The van der Waals surface area contributed by atoms with E-state index >= 15 is 0 Å². The molecule has 1 fully saturated rings. The minimum atomic E-state index is -0.984. The highest BCUT2D eigenvalue weighted by Crippen LogP contribution is 2.38. The number of hydrogen-bond acceptors (Lipinski definition) is 6. The number of carbonyl (C=O) groups excluding carboxylic acids is 2. The molecule has 2 heterocycles. The molecule has 7 nitrogen and oxygen atoms in total. The molecule has 0 aliphatic carbocycles. The first-order valence-electron chi connectivity index (χ1n) is 11.3.